The average Bonchev–Trinajstić information content (AvgIpc) is 3.94. The molecule has 1 aliphatic carbocycles. The summed E-state index contributed by atoms with van der Waals surface area (Å²) < 4.78 is 48.1. The van der Waals surface area contributed by atoms with Crippen molar-refractivity contribution in [2.24, 2.45) is 0 Å². The highest BCUT2D eigenvalue weighted by Gasteiger charge is 2.45. The third kappa shape index (κ3) is 11.1. The van der Waals surface area contributed by atoms with Crippen LogP contribution in [0, 0.1) is 11.3 Å². The predicted molar refractivity (Wildman–Crippen MR) is 272 cm³/mol. The molecule has 1 aliphatic heterocycles. The molecule has 5 aromatic carbocycles. The Bertz CT molecular complexity index is 2720. The van der Waals surface area contributed by atoms with Crippen molar-refractivity contribution in [3.8, 4) is 28.7 Å². The minimum Gasteiger partial charge on any atom is -0.497 e. The van der Waals surface area contributed by atoms with Crippen molar-refractivity contribution in [3.63, 3.8) is 0 Å². The van der Waals surface area contributed by atoms with Crippen LogP contribution in [0.1, 0.15) is 80.5 Å². The van der Waals surface area contributed by atoms with Crippen molar-refractivity contribution in [2.75, 3.05) is 46.5 Å². The van der Waals surface area contributed by atoms with E-state index in [-0.39, 0.29) is 56.5 Å². The molecule has 370 valence electrons. The van der Waals surface area contributed by atoms with Gasteiger partial charge in [-0.1, -0.05) is 103 Å². The summed E-state index contributed by atoms with van der Waals surface area (Å²) in [6, 6.07) is 45.6. The fourth-order valence-electron chi connectivity index (χ4n) is 9.43. The number of anilines is 1. The Hall–Kier alpha value is -6.63. The zero-order valence-corrected chi connectivity index (χ0v) is 42.0. The molecule has 2 heterocycles. The van der Waals surface area contributed by atoms with E-state index in [1.165, 1.54) is 11.6 Å². The summed E-state index contributed by atoms with van der Waals surface area (Å²) in [6.45, 7) is 8.60. The Morgan fingerprint density at radius 2 is 1.38 bits per heavy atom. The van der Waals surface area contributed by atoms with E-state index in [1.54, 1.807) is 26.5 Å². The molecule has 8 rings (SSSR count). The molecule has 0 radical (unpaired) electrons. The molecule has 1 saturated heterocycles. The van der Waals surface area contributed by atoms with Crippen molar-refractivity contribution in [3.05, 3.63) is 178 Å². The van der Waals surface area contributed by atoms with Gasteiger partial charge in [0.1, 0.15) is 36.0 Å². The van der Waals surface area contributed by atoms with Gasteiger partial charge in [-0.25, -0.2) is 19.3 Å². The summed E-state index contributed by atoms with van der Waals surface area (Å²) in [4.78, 5) is 31.7. The number of hydrogen-bond donors (Lipinski definition) is 1. The molecule has 0 saturated carbocycles. The average molecular weight is 981 g/mol. The van der Waals surface area contributed by atoms with E-state index in [9.17, 15) is 14.9 Å². The first-order valence-electron chi connectivity index (χ1n) is 23.8. The third-order valence-corrected chi connectivity index (χ3v) is 14.9. The molecule has 1 amide bonds. The highest BCUT2D eigenvalue weighted by molar-refractivity contribution is 7.44. The summed E-state index contributed by atoms with van der Waals surface area (Å²) in [5.41, 5.74) is 8.10. The maximum atomic E-state index is 14.0. The van der Waals surface area contributed by atoms with Crippen LogP contribution >= 0.6 is 8.53 Å². The van der Waals surface area contributed by atoms with Gasteiger partial charge < -0.3 is 32.7 Å². The quantitative estimate of drug-likeness (QED) is 0.0315. The monoisotopic (exact) mass is 980 g/mol. The Kier molecular flexibility index (Phi) is 16.5. The molecule has 1 N–H and O–H groups in total. The van der Waals surface area contributed by atoms with Gasteiger partial charge in [-0.3, -0.25) is 9.99 Å². The van der Waals surface area contributed by atoms with Gasteiger partial charge in [0.15, 0.2) is 5.82 Å². The van der Waals surface area contributed by atoms with E-state index in [0.29, 0.717) is 11.5 Å². The van der Waals surface area contributed by atoms with Crippen molar-refractivity contribution >= 4 is 20.4 Å². The summed E-state index contributed by atoms with van der Waals surface area (Å²) >= 11 is 0. The fourth-order valence-corrected chi connectivity index (χ4v) is 11.2. The van der Waals surface area contributed by atoms with E-state index in [1.807, 2.05) is 103 Å². The van der Waals surface area contributed by atoms with E-state index < -0.39 is 44.3 Å². The number of nitriles is 1. The summed E-state index contributed by atoms with van der Waals surface area (Å²) in [5, 5.41) is 10.6. The Labute approximate surface area is 416 Å². The van der Waals surface area contributed by atoms with Crippen molar-refractivity contribution in [1.29, 1.82) is 5.26 Å². The second kappa shape index (κ2) is 23.1. The Balaban J connectivity index is 1.07. The zero-order valence-electron chi connectivity index (χ0n) is 41.1. The van der Waals surface area contributed by atoms with Crippen LogP contribution in [0.3, 0.4) is 0 Å². The van der Waals surface area contributed by atoms with Crippen LogP contribution in [0.4, 0.5) is 10.6 Å². The minimum atomic E-state index is -1.73. The smallest absolute Gasteiger partial charge is 0.428 e. The summed E-state index contributed by atoms with van der Waals surface area (Å²) in [5.74, 6) is 1.40. The summed E-state index contributed by atoms with van der Waals surface area (Å²) in [6.07, 6.45) is -0.871. The lowest BCUT2D eigenvalue weighted by Gasteiger charge is -2.39. The van der Waals surface area contributed by atoms with Crippen molar-refractivity contribution in [2.45, 2.75) is 82.6 Å². The minimum absolute atomic E-state index is 0.00555. The maximum absolute atomic E-state index is 14.0. The number of amides is 1. The van der Waals surface area contributed by atoms with Gasteiger partial charge in [0, 0.05) is 37.7 Å². The third-order valence-electron chi connectivity index (χ3n) is 12.7. The van der Waals surface area contributed by atoms with E-state index in [0.717, 1.165) is 44.0 Å². The molecule has 15 nitrogen and oxygen atoms in total. The van der Waals surface area contributed by atoms with Gasteiger partial charge in [-0.15, -0.1) is 0 Å². The van der Waals surface area contributed by atoms with E-state index in [2.05, 4.69) is 73.1 Å². The number of fused-ring (bicyclic) bond motifs is 3. The molecule has 2 unspecified atom stereocenters. The normalized spacial score (nSPS) is 16.9. The van der Waals surface area contributed by atoms with Gasteiger partial charge in [-0.2, -0.15) is 10.2 Å². The SMILES string of the molecule is COc1ccc(C(OC[C@H]2O[C@@H](n3ccc(NN(C)C(=O)OCC4c5ccccc5-c5ccccc54)nc3=O)CC2OP(OCCC#N)N(C(C)C)C(C)C)(c2ccccc2)c2ccc(OC)cc2)cc1. The Morgan fingerprint density at radius 3 is 1.93 bits per heavy atom. The topological polar surface area (TPSA) is 159 Å². The summed E-state index contributed by atoms with van der Waals surface area (Å²) in [7, 11) is 3.04. The number of hydrogen-bond acceptors (Lipinski definition) is 13. The number of benzene rings is 5. The number of hydrazine groups is 1. The maximum Gasteiger partial charge on any atom is 0.428 e. The first-order chi connectivity index (χ1) is 34.4. The molecule has 2 aliphatic rings. The molecular formula is C55H61N6O9P. The lowest BCUT2D eigenvalue weighted by atomic mass is 9.80. The van der Waals surface area contributed by atoms with Gasteiger partial charge in [0.2, 0.25) is 0 Å². The molecule has 0 spiro atoms. The number of nitrogens with one attached hydrogen (secondary N) is 1. The standard InChI is InChI=1S/C55H61N6O9P/c1-37(2)61(38(3)4)71(68-33-15-31-56)70-49-34-52(60-32-30-51(57-53(60)62)58-59(5)54(63)66-35-48-46-20-13-11-18-44(46)45-19-12-14-21-47(45)48)69-50(49)36-67-55(39-16-9-8-10-17-39,40-22-26-42(64-6)27-23-40)41-24-28-43(65-7)29-25-41/h8-14,16-30,32,37-38,48-50,52H,15,33-36H2,1-7H3,(H,57,58,62)/t49?,50-,52-,71?/m1/s1. The highest BCUT2D eigenvalue weighted by atomic mass is 31.2. The van der Waals surface area contributed by atoms with Crippen molar-refractivity contribution in [1.82, 2.24) is 19.2 Å². The molecular weight excluding hydrogens is 920 g/mol. The number of methoxy groups -OCH3 is 2. The van der Waals surface area contributed by atoms with Crippen molar-refractivity contribution < 1.29 is 37.5 Å². The second-order valence-electron chi connectivity index (χ2n) is 17.8. The van der Waals surface area contributed by atoms with E-state index in [4.69, 9.17) is 32.7 Å². The lowest BCUT2D eigenvalue weighted by molar-refractivity contribution is -0.0925. The number of carbonyl (C=O) groups is 1. The van der Waals surface area contributed by atoms with Crippen LogP contribution < -0.4 is 20.6 Å². The van der Waals surface area contributed by atoms with Crippen LogP contribution in [0.2, 0.25) is 0 Å². The van der Waals surface area contributed by atoms with Gasteiger partial charge in [0.05, 0.1) is 46.0 Å². The van der Waals surface area contributed by atoms with Crippen LogP contribution in [-0.2, 0) is 28.9 Å². The molecule has 71 heavy (non-hydrogen) atoms. The number of carbonyl (C=O) groups excluding carboxylic acids is 1. The number of rotatable bonds is 21. The highest BCUT2D eigenvalue weighted by Crippen LogP contribution is 2.51. The zero-order chi connectivity index (χ0) is 50.1. The molecule has 0 bridgehead atoms. The first-order valence-corrected chi connectivity index (χ1v) is 24.9. The van der Waals surface area contributed by atoms with Crippen LogP contribution in [0.5, 0.6) is 11.5 Å². The lowest BCUT2D eigenvalue weighted by Crippen LogP contribution is -2.39. The number of aromatic nitrogens is 2. The van der Waals surface area contributed by atoms with Gasteiger partial charge >= 0.3 is 11.8 Å². The molecule has 1 fully saturated rings. The van der Waals surface area contributed by atoms with Crippen LogP contribution in [0.15, 0.2) is 144 Å². The molecule has 6 aromatic rings. The fraction of sp³-hybridized carbons (Fsp3) is 0.345. The first kappa shape index (κ1) is 50.7. The molecule has 1 aromatic heterocycles. The number of ether oxygens (including phenoxy) is 5. The second-order valence-corrected chi connectivity index (χ2v) is 19.3. The van der Waals surface area contributed by atoms with Gasteiger partial charge in [0.25, 0.3) is 8.53 Å². The van der Waals surface area contributed by atoms with Crippen LogP contribution in [-0.4, -0.2) is 90.7 Å². The predicted octanol–water partition coefficient (Wildman–Crippen LogP) is 10.4. The van der Waals surface area contributed by atoms with E-state index >= 15 is 0 Å². The molecule has 4 atom stereocenters. The van der Waals surface area contributed by atoms with Gasteiger partial charge in [-0.05, 0) is 97.0 Å². The van der Waals surface area contributed by atoms with Crippen LogP contribution in [0.25, 0.3) is 11.1 Å². The molecule has 16 heteroatoms. The number of nitrogens with zero attached hydrogens (tertiary/aromatic N) is 5. The largest absolute Gasteiger partial charge is 0.497 e. The Morgan fingerprint density at radius 1 is 0.817 bits per heavy atom.